The first-order chi connectivity index (χ1) is 10.9. The van der Waals surface area contributed by atoms with Gasteiger partial charge in [0.2, 0.25) is 10.0 Å². The first kappa shape index (κ1) is 18.2. The SMILES string of the molecule is CCOc1cc(C)c(C)cc1S(=O)(=O)N1CCN(CCO)CC1. The molecule has 7 heteroatoms. The average molecular weight is 342 g/mol. The van der Waals surface area contributed by atoms with Crippen LogP contribution in [0.3, 0.4) is 0 Å². The third-order valence-corrected chi connectivity index (χ3v) is 6.15. The number of aliphatic hydroxyl groups excluding tert-OH is 1. The second-order valence-corrected chi connectivity index (χ2v) is 7.69. The molecule has 0 atom stereocenters. The van der Waals surface area contributed by atoms with Crippen molar-refractivity contribution in [3.8, 4) is 5.75 Å². The molecule has 0 spiro atoms. The van der Waals surface area contributed by atoms with Gasteiger partial charge in [-0.25, -0.2) is 8.42 Å². The lowest BCUT2D eigenvalue weighted by Crippen LogP contribution is -2.49. The Balaban J connectivity index is 2.28. The summed E-state index contributed by atoms with van der Waals surface area (Å²) >= 11 is 0. The lowest BCUT2D eigenvalue weighted by molar-refractivity contribution is 0.151. The summed E-state index contributed by atoms with van der Waals surface area (Å²) in [6.07, 6.45) is 0. The first-order valence-electron chi connectivity index (χ1n) is 7.97. The highest BCUT2D eigenvalue weighted by atomic mass is 32.2. The molecule has 1 N–H and O–H groups in total. The Morgan fingerprint density at radius 2 is 1.74 bits per heavy atom. The van der Waals surface area contributed by atoms with Gasteiger partial charge in [0.15, 0.2) is 0 Å². The summed E-state index contributed by atoms with van der Waals surface area (Å²) < 4.78 is 33.0. The van der Waals surface area contributed by atoms with Crippen LogP contribution in [0.1, 0.15) is 18.1 Å². The van der Waals surface area contributed by atoms with Crippen molar-refractivity contribution in [1.29, 1.82) is 0 Å². The molecule has 0 unspecified atom stereocenters. The van der Waals surface area contributed by atoms with Crippen molar-refractivity contribution >= 4 is 10.0 Å². The molecular weight excluding hydrogens is 316 g/mol. The van der Waals surface area contributed by atoms with Gasteiger partial charge in [-0.05, 0) is 44.0 Å². The quantitative estimate of drug-likeness (QED) is 0.835. The molecule has 1 aliphatic heterocycles. The van der Waals surface area contributed by atoms with E-state index in [-0.39, 0.29) is 11.5 Å². The predicted octanol–water partition coefficient (Wildman–Crippen LogP) is 1.00. The maximum atomic E-state index is 13.0. The maximum Gasteiger partial charge on any atom is 0.246 e. The standard InChI is InChI=1S/C16H26N2O4S/c1-4-22-15-11-13(2)14(3)12-16(15)23(20,21)18-7-5-17(6-8-18)9-10-19/h11-12,19H,4-10H2,1-3H3. The highest BCUT2D eigenvalue weighted by Crippen LogP contribution is 2.30. The Kier molecular flexibility index (Phi) is 6.02. The summed E-state index contributed by atoms with van der Waals surface area (Å²) in [5.74, 6) is 0.424. The molecule has 1 fully saturated rings. The molecule has 0 aliphatic carbocycles. The highest BCUT2D eigenvalue weighted by Gasteiger charge is 2.31. The zero-order valence-electron chi connectivity index (χ0n) is 14.1. The number of aryl methyl sites for hydroxylation is 2. The molecule has 0 aromatic heterocycles. The summed E-state index contributed by atoms with van der Waals surface area (Å²) in [4.78, 5) is 2.31. The second kappa shape index (κ2) is 7.61. The second-order valence-electron chi connectivity index (χ2n) is 5.79. The van der Waals surface area contributed by atoms with Crippen LogP contribution in [0.15, 0.2) is 17.0 Å². The summed E-state index contributed by atoms with van der Waals surface area (Å²) in [6.45, 7) is 8.94. The number of ether oxygens (including phenoxy) is 1. The molecule has 0 amide bonds. The smallest absolute Gasteiger partial charge is 0.246 e. The zero-order valence-corrected chi connectivity index (χ0v) is 14.9. The summed E-state index contributed by atoms with van der Waals surface area (Å²) in [6, 6.07) is 3.50. The number of sulfonamides is 1. The molecule has 23 heavy (non-hydrogen) atoms. The van der Waals surface area contributed by atoms with Crippen molar-refractivity contribution in [1.82, 2.24) is 9.21 Å². The molecular formula is C16H26N2O4S. The van der Waals surface area contributed by atoms with Crippen LogP contribution in [0.4, 0.5) is 0 Å². The van der Waals surface area contributed by atoms with E-state index in [1.54, 1.807) is 12.1 Å². The van der Waals surface area contributed by atoms with Crippen LogP contribution < -0.4 is 4.74 Å². The minimum Gasteiger partial charge on any atom is -0.492 e. The van der Waals surface area contributed by atoms with E-state index >= 15 is 0 Å². The van der Waals surface area contributed by atoms with E-state index in [4.69, 9.17) is 9.84 Å². The van der Waals surface area contributed by atoms with E-state index in [0.717, 1.165) is 11.1 Å². The number of benzene rings is 1. The van der Waals surface area contributed by atoms with E-state index < -0.39 is 10.0 Å². The molecule has 0 radical (unpaired) electrons. The Hall–Kier alpha value is -1.15. The van der Waals surface area contributed by atoms with Crippen LogP contribution in [0.2, 0.25) is 0 Å². The normalized spacial score (nSPS) is 17.4. The van der Waals surface area contributed by atoms with Crippen molar-refractivity contribution in [3.05, 3.63) is 23.3 Å². The van der Waals surface area contributed by atoms with E-state index in [1.165, 1.54) is 4.31 Å². The number of hydrogen-bond donors (Lipinski definition) is 1. The number of nitrogens with zero attached hydrogens (tertiary/aromatic N) is 2. The molecule has 1 aliphatic rings. The summed E-state index contributed by atoms with van der Waals surface area (Å²) in [5, 5.41) is 8.98. The molecule has 1 aromatic rings. The van der Waals surface area contributed by atoms with Gasteiger partial charge in [-0.3, -0.25) is 4.90 Å². The fourth-order valence-electron chi connectivity index (χ4n) is 2.71. The van der Waals surface area contributed by atoms with Gasteiger partial charge in [0.1, 0.15) is 10.6 Å². The lowest BCUT2D eigenvalue weighted by Gasteiger charge is -2.33. The van der Waals surface area contributed by atoms with Gasteiger partial charge < -0.3 is 9.84 Å². The number of aliphatic hydroxyl groups is 1. The number of piperazine rings is 1. The van der Waals surface area contributed by atoms with Gasteiger partial charge in [-0.2, -0.15) is 4.31 Å². The lowest BCUT2D eigenvalue weighted by atomic mass is 10.1. The van der Waals surface area contributed by atoms with Crippen LogP contribution >= 0.6 is 0 Å². The van der Waals surface area contributed by atoms with Crippen LogP contribution in [-0.4, -0.2) is 68.7 Å². The molecule has 1 heterocycles. The molecule has 6 nitrogen and oxygen atoms in total. The fraction of sp³-hybridized carbons (Fsp3) is 0.625. The molecule has 1 saturated heterocycles. The van der Waals surface area contributed by atoms with Gasteiger partial charge in [-0.15, -0.1) is 0 Å². The van der Waals surface area contributed by atoms with Gasteiger partial charge in [-0.1, -0.05) is 0 Å². The molecule has 2 rings (SSSR count). The fourth-order valence-corrected chi connectivity index (χ4v) is 4.33. The van der Waals surface area contributed by atoms with Gasteiger partial charge in [0.25, 0.3) is 0 Å². The van der Waals surface area contributed by atoms with Crippen LogP contribution in [-0.2, 0) is 10.0 Å². The van der Waals surface area contributed by atoms with Gasteiger partial charge in [0, 0.05) is 32.7 Å². The topological polar surface area (TPSA) is 70.1 Å². The van der Waals surface area contributed by atoms with Crippen LogP contribution in [0.5, 0.6) is 5.75 Å². The van der Waals surface area contributed by atoms with Gasteiger partial charge in [0.05, 0.1) is 13.2 Å². The maximum absolute atomic E-state index is 13.0. The Labute approximate surface area is 138 Å². The molecule has 130 valence electrons. The number of hydrogen-bond acceptors (Lipinski definition) is 5. The Morgan fingerprint density at radius 1 is 1.13 bits per heavy atom. The summed E-state index contributed by atoms with van der Waals surface area (Å²) in [7, 11) is -3.57. The van der Waals surface area contributed by atoms with E-state index in [0.29, 0.717) is 45.1 Å². The van der Waals surface area contributed by atoms with Crippen LogP contribution in [0.25, 0.3) is 0 Å². The summed E-state index contributed by atoms with van der Waals surface area (Å²) in [5.41, 5.74) is 1.95. The monoisotopic (exact) mass is 342 g/mol. The van der Waals surface area contributed by atoms with Gasteiger partial charge >= 0.3 is 0 Å². The first-order valence-corrected chi connectivity index (χ1v) is 9.41. The third-order valence-electron chi connectivity index (χ3n) is 4.23. The van der Waals surface area contributed by atoms with Crippen molar-refractivity contribution in [3.63, 3.8) is 0 Å². The van der Waals surface area contributed by atoms with E-state index in [2.05, 4.69) is 4.90 Å². The number of β-amino-alcohol motifs (C(OH)–C–C–N with tert-alkyl or cyclic N) is 1. The van der Waals surface area contributed by atoms with Crippen molar-refractivity contribution in [2.75, 3.05) is 45.9 Å². The molecule has 0 saturated carbocycles. The van der Waals surface area contributed by atoms with E-state index in [9.17, 15) is 8.42 Å². The molecule has 0 bridgehead atoms. The predicted molar refractivity (Wildman–Crippen MR) is 89.4 cm³/mol. The van der Waals surface area contributed by atoms with Crippen molar-refractivity contribution in [2.24, 2.45) is 0 Å². The van der Waals surface area contributed by atoms with Crippen molar-refractivity contribution < 1.29 is 18.3 Å². The molecule has 1 aromatic carbocycles. The minimum absolute atomic E-state index is 0.0956. The Morgan fingerprint density at radius 3 is 2.30 bits per heavy atom. The highest BCUT2D eigenvalue weighted by molar-refractivity contribution is 7.89. The third kappa shape index (κ3) is 4.03. The Bertz CT molecular complexity index is 638. The average Bonchev–Trinajstić information content (AvgIpc) is 2.51. The van der Waals surface area contributed by atoms with Crippen molar-refractivity contribution in [2.45, 2.75) is 25.7 Å². The largest absolute Gasteiger partial charge is 0.492 e. The van der Waals surface area contributed by atoms with E-state index in [1.807, 2.05) is 20.8 Å². The van der Waals surface area contributed by atoms with Crippen LogP contribution in [0, 0.1) is 13.8 Å². The minimum atomic E-state index is -3.57. The zero-order chi connectivity index (χ0) is 17.0. The number of rotatable bonds is 6.